The van der Waals surface area contributed by atoms with Gasteiger partial charge in [0.1, 0.15) is 13.8 Å². The average Bonchev–Trinajstić information content (AvgIpc) is 3.25. The van der Waals surface area contributed by atoms with Crippen molar-refractivity contribution >= 4 is 35.0 Å². The summed E-state index contributed by atoms with van der Waals surface area (Å²) in [4.78, 5) is 17.1. The van der Waals surface area contributed by atoms with Gasteiger partial charge in [0.15, 0.2) is 5.78 Å². The van der Waals surface area contributed by atoms with E-state index in [-0.39, 0.29) is 47.9 Å². The molecule has 0 atom stereocenters. The van der Waals surface area contributed by atoms with Gasteiger partial charge in [-0.05, 0) is 59.0 Å². The molecule has 0 amide bonds. The van der Waals surface area contributed by atoms with Crippen LogP contribution < -0.4 is 10.4 Å². The van der Waals surface area contributed by atoms with E-state index in [1.165, 1.54) is 44.5 Å². The predicted molar refractivity (Wildman–Crippen MR) is 193 cm³/mol. The van der Waals surface area contributed by atoms with Gasteiger partial charge in [0.05, 0.1) is 0 Å². The summed E-state index contributed by atoms with van der Waals surface area (Å²) in [5, 5.41) is 15.6. The molecule has 0 spiro atoms. The first-order chi connectivity index (χ1) is 21.2. The fourth-order valence-electron chi connectivity index (χ4n) is 7.11. The van der Waals surface area contributed by atoms with Crippen LogP contribution in [0.5, 0.6) is 0 Å². The second-order valence-corrected chi connectivity index (χ2v) is 19.0. The molecule has 1 aliphatic carbocycles. The summed E-state index contributed by atoms with van der Waals surface area (Å²) < 4.78 is 0. The van der Waals surface area contributed by atoms with Crippen LogP contribution in [-0.4, -0.2) is 23.9 Å². The number of aliphatic hydroxyl groups excluding tert-OH is 1. The van der Waals surface area contributed by atoms with Crippen molar-refractivity contribution in [3.63, 3.8) is 0 Å². The van der Waals surface area contributed by atoms with Crippen LogP contribution in [0.15, 0.2) is 72.6 Å². The molecule has 3 aromatic carbocycles. The van der Waals surface area contributed by atoms with Gasteiger partial charge >= 0.3 is 0 Å². The average molecular weight is 809 g/mol. The number of hydrogen-bond acceptors (Lipinski definition) is 3. The number of pyridine rings is 1. The van der Waals surface area contributed by atoms with Crippen molar-refractivity contribution in [1.82, 2.24) is 4.98 Å². The molecule has 5 heteroatoms. The van der Waals surface area contributed by atoms with Gasteiger partial charge in [-0.25, -0.2) is 0 Å². The zero-order valence-corrected chi connectivity index (χ0v) is 32.7. The van der Waals surface area contributed by atoms with Crippen LogP contribution in [0.1, 0.15) is 92.2 Å². The van der Waals surface area contributed by atoms with Gasteiger partial charge < -0.3 is 5.11 Å². The van der Waals surface area contributed by atoms with Gasteiger partial charge in [-0.15, -0.1) is 23.6 Å². The Morgan fingerprint density at radius 2 is 1.48 bits per heavy atom. The molecular weight excluding hydrogens is 759 g/mol. The van der Waals surface area contributed by atoms with Gasteiger partial charge in [-0.2, -0.15) is 0 Å². The second kappa shape index (κ2) is 13.0. The summed E-state index contributed by atoms with van der Waals surface area (Å²) >= 11 is 0. The number of hydrogen-bond donors (Lipinski definition) is 1. The van der Waals surface area contributed by atoms with Crippen molar-refractivity contribution in [2.75, 3.05) is 0 Å². The maximum Gasteiger partial charge on any atom is 0.164 e. The maximum absolute atomic E-state index is 12.2. The van der Waals surface area contributed by atoms with E-state index in [2.05, 4.69) is 87.6 Å². The van der Waals surface area contributed by atoms with Crippen LogP contribution >= 0.6 is 0 Å². The molecule has 1 aliphatic heterocycles. The van der Waals surface area contributed by atoms with Crippen LogP contribution in [0, 0.1) is 16.9 Å². The third-order valence-electron chi connectivity index (χ3n) is 11.6. The minimum Gasteiger partial charge on any atom is -0.512 e. The summed E-state index contributed by atoms with van der Waals surface area (Å²) in [7, 11) is -1.72. The smallest absolute Gasteiger partial charge is 0.164 e. The van der Waals surface area contributed by atoms with Crippen molar-refractivity contribution in [2.45, 2.75) is 99.6 Å². The zero-order valence-electron chi connectivity index (χ0n) is 29.3. The quantitative estimate of drug-likeness (QED) is 0.0876. The molecular formula is C41H50IrNO2Si-. The summed E-state index contributed by atoms with van der Waals surface area (Å²) in [6.07, 6.45) is 6.77. The number of aromatic nitrogens is 1. The molecule has 1 aromatic heterocycles. The molecule has 0 saturated heterocycles. The van der Waals surface area contributed by atoms with Crippen molar-refractivity contribution in [2.24, 2.45) is 10.8 Å². The van der Waals surface area contributed by atoms with Crippen LogP contribution in [-0.2, 0) is 30.3 Å². The minimum atomic E-state index is -1.72. The van der Waals surface area contributed by atoms with Crippen molar-refractivity contribution in [1.29, 1.82) is 0 Å². The molecule has 2 heterocycles. The van der Waals surface area contributed by atoms with E-state index in [9.17, 15) is 9.90 Å². The number of aliphatic hydroxyl groups is 1. The number of ketones is 1. The van der Waals surface area contributed by atoms with Crippen LogP contribution in [0.3, 0.4) is 0 Å². The molecule has 0 unspecified atom stereocenters. The Labute approximate surface area is 291 Å². The van der Waals surface area contributed by atoms with Crippen molar-refractivity contribution < 1.29 is 30.0 Å². The van der Waals surface area contributed by atoms with E-state index in [1.807, 2.05) is 47.7 Å². The van der Waals surface area contributed by atoms with Crippen LogP contribution in [0.2, 0.25) is 13.1 Å². The summed E-state index contributed by atoms with van der Waals surface area (Å²) in [5.41, 5.74) is 7.18. The Hall–Kier alpha value is -2.85. The fraction of sp³-hybridized carbons (Fsp3) is 0.415. The summed E-state index contributed by atoms with van der Waals surface area (Å²) in [6, 6.07) is 23.9. The first-order valence-corrected chi connectivity index (χ1v) is 19.8. The topological polar surface area (TPSA) is 50.2 Å². The van der Waals surface area contributed by atoms with E-state index >= 15 is 0 Å². The second-order valence-electron chi connectivity index (χ2n) is 14.6. The van der Waals surface area contributed by atoms with Gasteiger partial charge in [-0.3, -0.25) is 9.78 Å². The third kappa shape index (κ3) is 5.67. The molecule has 1 N–H and O–H groups in total. The molecule has 3 nitrogen and oxygen atoms in total. The van der Waals surface area contributed by atoms with Gasteiger partial charge in [0, 0.05) is 48.9 Å². The number of fused-ring (bicyclic) bond motifs is 3. The third-order valence-corrected chi connectivity index (χ3v) is 15.1. The summed E-state index contributed by atoms with van der Waals surface area (Å²) in [6.45, 7) is 21.8. The molecule has 0 fully saturated rings. The standard InChI is InChI=1S/C26H22NSi.C15H28O2.Ir/c1-26(2)19-10-7-11-21-23(19)24-22(28(21,3)4)12-13-27-25(24)18-14-16-8-5-6-9-17(16)15-20(18)26;1-7-14(5,8-2)12(16)11-13(17)15(6,9-3)10-4;/h5-13,15H,1-4H3;11,16H,7-10H2,1-6H3;/q-1;;/b;12-11-;. The first-order valence-electron chi connectivity index (χ1n) is 16.8. The molecule has 6 rings (SSSR count). The van der Waals surface area contributed by atoms with E-state index in [0.717, 1.165) is 36.8 Å². The van der Waals surface area contributed by atoms with Gasteiger partial charge in [-0.1, -0.05) is 127 Å². The van der Waals surface area contributed by atoms with Crippen LogP contribution in [0.4, 0.5) is 0 Å². The minimum absolute atomic E-state index is 0. The zero-order chi connectivity index (χ0) is 32.9. The summed E-state index contributed by atoms with van der Waals surface area (Å²) in [5.74, 6) is 0.286. The monoisotopic (exact) mass is 809 g/mol. The normalized spacial score (nSPS) is 15.6. The van der Waals surface area contributed by atoms with Crippen molar-refractivity contribution in [3.05, 3.63) is 89.8 Å². The molecule has 4 aromatic rings. The van der Waals surface area contributed by atoms with Gasteiger partial charge in [0.2, 0.25) is 0 Å². The number of rotatable bonds is 7. The van der Waals surface area contributed by atoms with E-state index in [0.29, 0.717) is 0 Å². The van der Waals surface area contributed by atoms with E-state index in [4.69, 9.17) is 4.98 Å². The SMILES string of the molecule is CC1(C)c2cc3ccccc3[c-]c2-c2nccc3c2-c2c1cccc2[Si]3(C)C.CCC(C)(CC)C(=O)/C=C(\O)C(C)(CC)CC.[Ir]. The maximum atomic E-state index is 12.2. The molecule has 245 valence electrons. The molecule has 1 radical (unpaired) electrons. The Balaban J connectivity index is 0.000000234. The Bertz CT molecular complexity index is 1810. The van der Waals surface area contributed by atoms with E-state index < -0.39 is 8.07 Å². The fourth-order valence-corrected chi connectivity index (χ4v) is 10.2. The Morgan fingerprint density at radius 3 is 2.11 bits per heavy atom. The number of carbonyl (C=O) groups is 1. The molecule has 0 saturated carbocycles. The number of carbonyl (C=O) groups excluding carboxylic acids is 1. The largest absolute Gasteiger partial charge is 0.512 e. The number of allylic oxidation sites excluding steroid dienone is 2. The predicted octanol–water partition coefficient (Wildman–Crippen LogP) is 9.79. The molecule has 2 aliphatic rings. The Kier molecular flexibility index (Phi) is 10.2. The molecule has 46 heavy (non-hydrogen) atoms. The first kappa shape index (κ1) is 36.0. The number of benzene rings is 3. The van der Waals surface area contributed by atoms with Crippen LogP contribution in [0.25, 0.3) is 33.2 Å². The molecule has 0 bridgehead atoms. The van der Waals surface area contributed by atoms with Gasteiger partial charge in [0.25, 0.3) is 0 Å². The van der Waals surface area contributed by atoms with E-state index in [1.54, 1.807) is 5.19 Å². The number of nitrogens with zero attached hydrogens (tertiary/aromatic N) is 1. The van der Waals surface area contributed by atoms with Crippen molar-refractivity contribution in [3.8, 4) is 22.4 Å². The Morgan fingerprint density at radius 1 is 0.870 bits per heavy atom.